The van der Waals surface area contributed by atoms with Gasteiger partial charge in [-0.2, -0.15) is 5.26 Å². The Balaban J connectivity index is 1.31. The molecule has 2 aromatic carbocycles. The van der Waals surface area contributed by atoms with Gasteiger partial charge in [0.25, 0.3) is 5.91 Å². The minimum Gasteiger partial charge on any atom is -0.349 e. The van der Waals surface area contributed by atoms with Crippen LogP contribution in [-0.4, -0.2) is 59.7 Å². The molecule has 5 rings (SSSR count). The lowest BCUT2D eigenvalue weighted by Gasteiger charge is -2.41. The van der Waals surface area contributed by atoms with E-state index < -0.39 is 12.6 Å². The van der Waals surface area contributed by atoms with Crippen molar-refractivity contribution in [1.82, 2.24) is 15.1 Å². The highest BCUT2D eigenvalue weighted by Crippen LogP contribution is 2.35. The normalized spacial score (nSPS) is 21.6. The van der Waals surface area contributed by atoms with E-state index in [1.165, 1.54) is 18.2 Å². The second-order valence-electron chi connectivity index (χ2n) is 10.9. The van der Waals surface area contributed by atoms with Crippen molar-refractivity contribution in [3.05, 3.63) is 68.7 Å². The minimum atomic E-state index is -0.869. The van der Waals surface area contributed by atoms with Gasteiger partial charge in [0.05, 0.1) is 21.7 Å². The van der Waals surface area contributed by atoms with Crippen molar-refractivity contribution in [1.29, 1.82) is 5.26 Å². The smallest absolute Gasteiger partial charge is 0.251 e. The molecule has 0 radical (unpaired) electrons. The van der Waals surface area contributed by atoms with E-state index in [4.69, 9.17) is 28.5 Å². The maximum absolute atomic E-state index is 13.7. The third-order valence-corrected chi connectivity index (χ3v) is 9.06. The molecule has 1 aliphatic carbocycles. The number of carbonyl (C=O) groups excluding carboxylic acids is 3. The summed E-state index contributed by atoms with van der Waals surface area (Å²) in [5.41, 5.74) is 1.46. The van der Waals surface area contributed by atoms with Crippen molar-refractivity contribution in [2.45, 2.75) is 50.7 Å². The van der Waals surface area contributed by atoms with Crippen LogP contribution in [0.5, 0.6) is 0 Å². The highest BCUT2D eigenvalue weighted by molar-refractivity contribution is 6.42. The first kappa shape index (κ1) is 28.4. The van der Waals surface area contributed by atoms with E-state index >= 15 is 0 Å². The lowest BCUT2D eigenvalue weighted by Crippen LogP contribution is -2.53. The molecule has 7 nitrogen and oxygen atoms in total. The van der Waals surface area contributed by atoms with Crippen molar-refractivity contribution >= 4 is 40.9 Å². The van der Waals surface area contributed by atoms with Gasteiger partial charge < -0.3 is 15.1 Å². The summed E-state index contributed by atoms with van der Waals surface area (Å²) in [6, 6.07) is 11.3. The number of hydrogen-bond acceptors (Lipinski definition) is 4. The number of likely N-dealkylation sites (tertiary alicyclic amines) is 2. The number of nitrogens with zero attached hydrogens (tertiary/aromatic N) is 3. The molecule has 2 aliphatic heterocycles. The van der Waals surface area contributed by atoms with Crippen LogP contribution in [0.2, 0.25) is 10.0 Å². The lowest BCUT2D eigenvalue weighted by molar-refractivity contribution is -0.142. The zero-order valence-corrected chi connectivity index (χ0v) is 23.6. The number of halogens is 3. The Morgan fingerprint density at radius 3 is 2.23 bits per heavy atom. The highest BCUT2D eigenvalue weighted by Gasteiger charge is 2.39. The average Bonchev–Trinajstić information content (AvgIpc) is 3.83. The van der Waals surface area contributed by atoms with E-state index in [0.717, 1.165) is 18.4 Å². The van der Waals surface area contributed by atoms with Crippen molar-refractivity contribution in [3.8, 4) is 6.07 Å². The summed E-state index contributed by atoms with van der Waals surface area (Å²) in [4.78, 5) is 43.0. The summed E-state index contributed by atoms with van der Waals surface area (Å²) in [7, 11) is 0. The van der Waals surface area contributed by atoms with Crippen LogP contribution >= 0.6 is 23.2 Å². The van der Waals surface area contributed by atoms with Crippen molar-refractivity contribution in [2.75, 3.05) is 26.2 Å². The minimum absolute atomic E-state index is 0.0696. The second kappa shape index (κ2) is 12.2. The lowest BCUT2D eigenvalue weighted by atomic mass is 9.84. The fourth-order valence-corrected chi connectivity index (χ4v) is 6.15. The molecule has 3 fully saturated rings. The average molecular weight is 586 g/mol. The van der Waals surface area contributed by atoms with Crippen LogP contribution in [0.4, 0.5) is 4.39 Å². The van der Waals surface area contributed by atoms with Gasteiger partial charge in [-0.15, -0.1) is 0 Å². The van der Waals surface area contributed by atoms with Gasteiger partial charge in [-0.05, 0) is 73.6 Å². The summed E-state index contributed by atoms with van der Waals surface area (Å²) in [5, 5.41) is 13.0. The Kier molecular flexibility index (Phi) is 8.62. The third-order valence-electron chi connectivity index (χ3n) is 8.32. The van der Waals surface area contributed by atoms with Crippen LogP contribution < -0.4 is 5.32 Å². The molecule has 0 spiro atoms. The Labute approximate surface area is 243 Å². The highest BCUT2D eigenvalue weighted by atomic mass is 35.5. The number of nitriles is 1. The van der Waals surface area contributed by atoms with Gasteiger partial charge in [0.1, 0.15) is 6.67 Å². The number of amides is 3. The monoisotopic (exact) mass is 584 g/mol. The third kappa shape index (κ3) is 6.11. The second-order valence-corrected chi connectivity index (χ2v) is 11.7. The van der Waals surface area contributed by atoms with E-state index in [1.54, 1.807) is 12.1 Å². The van der Waals surface area contributed by atoms with Crippen LogP contribution in [0.3, 0.4) is 0 Å². The topological polar surface area (TPSA) is 93.5 Å². The number of alkyl halides is 1. The standard InChI is InChI=1S/C30H31Cl2FN4O3/c31-25-6-4-21(14-26(25)32)24-17-37(30(40)20-7-10-36(11-8-20)29(39)19-2-3-19)12-9-27(24)35-28(38)23-5-1-18(16-34)13-22(23)15-33/h1,4-6,13-14,19-20,24,27H,2-3,7-12,15,17H2,(H,35,38). The SMILES string of the molecule is N#Cc1ccc(C(=O)NC2CCN(C(=O)C3CCN(C(=O)C4CC4)CC3)CC2c2ccc(Cl)c(Cl)c2)c(CF)c1. The number of nitrogens with one attached hydrogen (secondary N) is 1. The Morgan fingerprint density at radius 2 is 1.57 bits per heavy atom. The van der Waals surface area contributed by atoms with Crippen LogP contribution in [0.1, 0.15) is 65.1 Å². The number of piperidine rings is 2. The van der Waals surface area contributed by atoms with Gasteiger partial charge in [0, 0.05) is 55.5 Å². The van der Waals surface area contributed by atoms with Crippen LogP contribution in [0.15, 0.2) is 36.4 Å². The van der Waals surface area contributed by atoms with Gasteiger partial charge in [-0.25, -0.2) is 4.39 Å². The molecule has 2 unspecified atom stereocenters. The summed E-state index contributed by atoms with van der Waals surface area (Å²) in [6.45, 7) is 1.19. The van der Waals surface area contributed by atoms with Crippen molar-refractivity contribution in [3.63, 3.8) is 0 Å². The van der Waals surface area contributed by atoms with E-state index in [0.29, 0.717) is 55.5 Å². The van der Waals surface area contributed by atoms with Crippen molar-refractivity contribution in [2.24, 2.45) is 11.8 Å². The number of rotatable bonds is 6. The molecule has 0 bridgehead atoms. The molecule has 10 heteroatoms. The molecule has 210 valence electrons. The molecule has 3 aliphatic rings. The van der Waals surface area contributed by atoms with E-state index in [-0.39, 0.29) is 52.3 Å². The molecule has 1 N–H and O–H groups in total. The maximum atomic E-state index is 13.7. The maximum Gasteiger partial charge on any atom is 0.251 e. The Morgan fingerprint density at radius 1 is 0.900 bits per heavy atom. The van der Waals surface area contributed by atoms with Crippen LogP contribution in [0.25, 0.3) is 0 Å². The molecule has 3 amide bonds. The van der Waals surface area contributed by atoms with Crippen LogP contribution in [-0.2, 0) is 16.3 Å². The van der Waals surface area contributed by atoms with Gasteiger partial charge in [-0.1, -0.05) is 29.3 Å². The Bertz CT molecular complexity index is 1350. The molecule has 2 heterocycles. The summed E-state index contributed by atoms with van der Waals surface area (Å²) in [6.07, 6.45) is 3.74. The van der Waals surface area contributed by atoms with Gasteiger partial charge in [0.15, 0.2) is 0 Å². The van der Waals surface area contributed by atoms with E-state index in [1.807, 2.05) is 21.9 Å². The first-order valence-corrected chi connectivity index (χ1v) is 14.5. The molecular weight excluding hydrogens is 554 g/mol. The van der Waals surface area contributed by atoms with E-state index in [2.05, 4.69) is 5.32 Å². The zero-order chi connectivity index (χ0) is 28.4. The molecule has 2 atom stereocenters. The largest absolute Gasteiger partial charge is 0.349 e. The van der Waals surface area contributed by atoms with Gasteiger partial charge >= 0.3 is 0 Å². The number of carbonyl (C=O) groups is 3. The predicted molar refractivity (Wildman–Crippen MR) is 150 cm³/mol. The van der Waals surface area contributed by atoms with Gasteiger partial charge in [0.2, 0.25) is 11.8 Å². The first-order chi connectivity index (χ1) is 19.3. The Hall–Kier alpha value is -3.15. The summed E-state index contributed by atoms with van der Waals surface area (Å²) in [5.74, 6) is -0.367. The molecule has 2 aromatic rings. The fourth-order valence-electron chi connectivity index (χ4n) is 5.84. The van der Waals surface area contributed by atoms with Crippen molar-refractivity contribution < 1.29 is 18.8 Å². The molecule has 2 saturated heterocycles. The molecule has 40 heavy (non-hydrogen) atoms. The predicted octanol–water partition coefficient (Wildman–Crippen LogP) is 5.10. The molecule has 1 saturated carbocycles. The first-order valence-electron chi connectivity index (χ1n) is 13.7. The number of benzene rings is 2. The quantitative estimate of drug-likeness (QED) is 0.511. The van der Waals surface area contributed by atoms with E-state index in [9.17, 15) is 18.8 Å². The molecule has 0 aromatic heterocycles. The number of hydrogen-bond donors (Lipinski definition) is 1. The zero-order valence-electron chi connectivity index (χ0n) is 22.0. The molecular formula is C30H31Cl2FN4O3. The van der Waals surface area contributed by atoms with Gasteiger partial charge in [-0.3, -0.25) is 14.4 Å². The summed E-state index contributed by atoms with van der Waals surface area (Å²) >= 11 is 12.5. The van der Waals surface area contributed by atoms with Crippen LogP contribution in [0, 0.1) is 23.2 Å². The summed E-state index contributed by atoms with van der Waals surface area (Å²) < 4.78 is 13.7. The fraction of sp³-hybridized carbons (Fsp3) is 0.467.